The van der Waals surface area contributed by atoms with Gasteiger partial charge in [-0.3, -0.25) is 4.68 Å². The van der Waals surface area contributed by atoms with Gasteiger partial charge in [0.15, 0.2) is 5.65 Å². The maximum Gasteiger partial charge on any atom is 0.232 e. The van der Waals surface area contributed by atoms with Gasteiger partial charge in [-0.1, -0.05) is 11.3 Å². The highest BCUT2D eigenvalue weighted by Crippen LogP contribution is 2.43. The summed E-state index contributed by atoms with van der Waals surface area (Å²) in [5, 5.41) is 9.50. The molecule has 158 valence electrons. The summed E-state index contributed by atoms with van der Waals surface area (Å²) in [6.45, 7) is 0.392. The summed E-state index contributed by atoms with van der Waals surface area (Å²) in [7, 11) is 3.46. The van der Waals surface area contributed by atoms with Crippen LogP contribution < -0.4 is 5.73 Å². The van der Waals surface area contributed by atoms with E-state index in [4.69, 9.17) is 15.5 Å². The molecule has 0 radical (unpaired) electrons. The molecule has 31 heavy (non-hydrogen) atoms. The highest BCUT2D eigenvalue weighted by Gasteiger charge is 2.25. The van der Waals surface area contributed by atoms with E-state index in [0.29, 0.717) is 22.3 Å². The van der Waals surface area contributed by atoms with Crippen molar-refractivity contribution in [2.45, 2.75) is 4.21 Å². The highest BCUT2D eigenvalue weighted by molar-refractivity contribution is 7.93. The van der Waals surface area contributed by atoms with E-state index < -0.39 is 11.2 Å². The van der Waals surface area contributed by atoms with Crippen LogP contribution in [0.5, 0.6) is 0 Å². The van der Waals surface area contributed by atoms with Gasteiger partial charge >= 0.3 is 0 Å². The van der Waals surface area contributed by atoms with Gasteiger partial charge in [0.2, 0.25) is 4.21 Å². The van der Waals surface area contributed by atoms with Crippen LogP contribution in [-0.4, -0.2) is 53.4 Å². The average Bonchev–Trinajstić information content (AvgIpc) is 3.49. The minimum atomic E-state index is -1.27. The summed E-state index contributed by atoms with van der Waals surface area (Å²) in [5.74, 6) is 0.377. The quantitative estimate of drug-likeness (QED) is 0.393. The number of methoxy groups -OCH3 is 1. The zero-order valence-electron chi connectivity index (χ0n) is 16.8. The number of anilines is 1. The molecular formula is C20H19N7O2S2. The Morgan fingerprint density at radius 3 is 2.90 bits per heavy atom. The normalized spacial score (nSPS) is 12.7. The molecule has 0 aliphatic rings. The SMILES string of the molecule is COCC[S+]([O-])c1sc2nc(-c3cnn4ccnc4c3)cc(-c3ccnn3C)c2c1N. The van der Waals surface area contributed by atoms with Crippen LogP contribution in [0.2, 0.25) is 0 Å². The number of thiophene rings is 1. The molecule has 5 aromatic rings. The van der Waals surface area contributed by atoms with Gasteiger partial charge in [0, 0.05) is 60.4 Å². The number of aromatic nitrogens is 6. The minimum absolute atomic E-state index is 0.377. The predicted molar refractivity (Wildman–Crippen MR) is 121 cm³/mol. The monoisotopic (exact) mass is 453 g/mol. The number of imidazole rings is 1. The molecule has 1 atom stereocenters. The number of rotatable bonds is 6. The van der Waals surface area contributed by atoms with Crippen molar-refractivity contribution in [2.24, 2.45) is 7.05 Å². The van der Waals surface area contributed by atoms with Crippen LogP contribution in [0.1, 0.15) is 0 Å². The van der Waals surface area contributed by atoms with Gasteiger partial charge in [-0.15, -0.1) is 0 Å². The summed E-state index contributed by atoms with van der Waals surface area (Å²) in [6, 6.07) is 5.83. The molecule has 0 saturated carbocycles. The smallest absolute Gasteiger partial charge is 0.232 e. The molecular weight excluding hydrogens is 434 g/mol. The average molecular weight is 454 g/mol. The maximum absolute atomic E-state index is 12.8. The van der Waals surface area contributed by atoms with Crippen molar-refractivity contribution in [2.75, 3.05) is 25.2 Å². The Labute approximate surface area is 184 Å². The number of aryl methyl sites for hydroxylation is 1. The zero-order valence-corrected chi connectivity index (χ0v) is 18.5. The fourth-order valence-electron chi connectivity index (χ4n) is 3.46. The van der Waals surface area contributed by atoms with Crippen molar-refractivity contribution < 1.29 is 9.29 Å². The van der Waals surface area contributed by atoms with E-state index in [2.05, 4.69) is 15.2 Å². The van der Waals surface area contributed by atoms with Crippen molar-refractivity contribution in [1.29, 1.82) is 0 Å². The Hall–Kier alpha value is -2.99. The van der Waals surface area contributed by atoms with Crippen molar-refractivity contribution in [1.82, 2.24) is 29.4 Å². The first-order valence-electron chi connectivity index (χ1n) is 9.45. The molecule has 0 spiro atoms. The van der Waals surface area contributed by atoms with E-state index in [1.54, 1.807) is 41.1 Å². The van der Waals surface area contributed by atoms with Gasteiger partial charge < -0.3 is 15.0 Å². The van der Waals surface area contributed by atoms with E-state index in [0.717, 1.165) is 38.4 Å². The largest absolute Gasteiger partial charge is 0.611 e. The summed E-state index contributed by atoms with van der Waals surface area (Å²) in [6.07, 6.45) is 6.98. The lowest BCUT2D eigenvalue weighted by atomic mass is 10.0. The van der Waals surface area contributed by atoms with Crippen LogP contribution in [0.4, 0.5) is 5.69 Å². The number of nitrogens with zero attached hydrogens (tertiary/aromatic N) is 6. The number of fused-ring (bicyclic) bond motifs is 2. The summed E-state index contributed by atoms with van der Waals surface area (Å²) >= 11 is 0.0793. The third-order valence-electron chi connectivity index (χ3n) is 4.99. The first-order chi connectivity index (χ1) is 15.1. The Balaban J connectivity index is 1.73. The van der Waals surface area contributed by atoms with E-state index in [1.807, 2.05) is 25.2 Å². The second-order valence-corrected chi connectivity index (χ2v) is 9.66. The number of ether oxygens (including phenoxy) is 1. The fraction of sp³-hybridized carbons (Fsp3) is 0.200. The summed E-state index contributed by atoms with van der Waals surface area (Å²) in [4.78, 5) is 9.88. The predicted octanol–water partition coefficient (Wildman–Crippen LogP) is 2.74. The van der Waals surface area contributed by atoms with Gasteiger partial charge in [0.25, 0.3) is 0 Å². The molecule has 0 aliphatic heterocycles. The van der Waals surface area contributed by atoms with E-state index >= 15 is 0 Å². The van der Waals surface area contributed by atoms with Crippen molar-refractivity contribution >= 4 is 44.1 Å². The first kappa shape index (κ1) is 19.9. The molecule has 0 saturated heterocycles. The molecule has 0 aliphatic carbocycles. The summed E-state index contributed by atoms with van der Waals surface area (Å²) < 4.78 is 22.0. The van der Waals surface area contributed by atoms with Crippen LogP contribution >= 0.6 is 11.3 Å². The van der Waals surface area contributed by atoms with Gasteiger partial charge in [-0.2, -0.15) is 10.2 Å². The van der Waals surface area contributed by atoms with Gasteiger partial charge in [-0.05, 0) is 18.2 Å². The number of hydrogen-bond donors (Lipinski definition) is 1. The standard InChI is InChI=1S/C20H19N7O2S2/c1-26-15(3-4-23-26)13-10-14(12-9-16-22-5-6-27(16)24-11-12)25-19-17(13)18(21)20(30-19)31(28)8-7-29-2/h3-6,9-11H,7-8,21H2,1-2H3. The molecule has 5 aromatic heterocycles. The zero-order chi connectivity index (χ0) is 21.5. The van der Waals surface area contributed by atoms with Crippen LogP contribution in [-0.2, 0) is 23.0 Å². The number of hydrogen-bond acceptors (Lipinski definition) is 8. The molecule has 0 aromatic carbocycles. The Bertz CT molecular complexity index is 1390. The third-order valence-corrected chi connectivity index (χ3v) is 7.87. The maximum atomic E-state index is 12.8. The molecule has 11 heteroatoms. The Kier molecular flexibility index (Phi) is 5.10. The van der Waals surface area contributed by atoms with Crippen LogP contribution in [0.25, 0.3) is 38.4 Å². The molecule has 2 N–H and O–H groups in total. The Morgan fingerprint density at radius 2 is 2.13 bits per heavy atom. The first-order valence-corrected chi connectivity index (χ1v) is 11.6. The molecule has 0 amide bonds. The van der Waals surface area contributed by atoms with Crippen LogP contribution in [0.15, 0.2) is 47.2 Å². The molecule has 9 nitrogen and oxygen atoms in total. The second kappa shape index (κ2) is 7.93. The topological polar surface area (TPSA) is 119 Å². The number of nitrogens with two attached hydrogens (primary N) is 1. The molecule has 1 unspecified atom stereocenters. The lowest BCUT2D eigenvalue weighted by Crippen LogP contribution is -2.11. The second-order valence-electron chi connectivity index (χ2n) is 6.90. The van der Waals surface area contributed by atoms with Crippen molar-refractivity contribution in [3.05, 3.63) is 43.0 Å². The number of nitrogen functional groups attached to an aromatic ring is 1. The summed E-state index contributed by atoms with van der Waals surface area (Å²) in [5.41, 5.74) is 11.1. The molecule has 5 rings (SSSR count). The molecule has 0 bridgehead atoms. The highest BCUT2D eigenvalue weighted by atomic mass is 32.2. The van der Waals surface area contributed by atoms with Gasteiger partial charge in [-0.25, -0.2) is 14.5 Å². The lowest BCUT2D eigenvalue weighted by molar-refractivity contribution is 0.217. The van der Waals surface area contributed by atoms with E-state index in [9.17, 15) is 4.55 Å². The fourth-order valence-corrected chi connectivity index (χ4v) is 6.02. The van der Waals surface area contributed by atoms with Crippen molar-refractivity contribution in [3.8, 4) is 22.5 Å². The molecule has 0 fully saturated rings. The van der Waals surface area contributed by atoms with Gasteiger partial charge in [0.05, 0.1) is 24.2 Å². The van der Waals surface area contributed by atoms with Crippen molar-refractivity contribution in [3.63, 3.8) is 0 Å². The van der Waals surface area contributed by atoms with Crippen LogP contribution in [0, 0.1) is 0 Å². The molecule has 5 heterocycles. The lowest BCUT2D eigenvalue weighted by Gasteiger charge is -2.09. The third kappa shape index (κ3) is 3.45. The minimum Gasteiger partial charge on any atom is -0.611 e. The number of pyridine rings is 1. The van der Waals surface area contributed by atoms with Crippen LogP contribution in [0.3, 0.4) is 0 Å². The van der Waals surface area contributed by atoms with E-state index in [-0.39, 0.29) is 0 Å². The van der Waals surface area contributed by atoms with Gasteiger partial charge in [0.1, 0.15) is 16.3 Å². The van der Waals surface area contributed by atoms with E-state index in [1.165, 1.54) is 11.3 Å². The Morgan fingerprint density at radius 1 is 1.26 bits per heavy atom.